The van der Waals surface area contributed by atoms with Crippen molar-refractivity contribution in [2.45, 2.75) is 30.9 Å². The summed E-state index contributed by atoms with van der Waals surface area (Å²) in [5, 5.41) is 0. The molecule has 110 valence electrons. The van der Waals surface area contributed by atoms with E-state index in [0.717, 1.165) is 5.56 Å². The van der Waals surface area contributed by atoms with Gasteiger partial charge in [0.1, 0.15) is 0 Å². The van der Waals surface area contributed by atoms with E-state index in [1.54, 1.807) is 39.2 Å². The van der Waals surface area contributed by atoms with Gasteiger partial charge < -0.3 is 10.5 Å². The first-order valence-corrected chi connectivity index (χ1v) is 7.09. The molecule has 0 saturated heterocycles. The molecule has 1 aromatic carbocycles. The molecule has 5 nitrogen and oxygen atoms in total. The minimum atomic E-state index is -3.52. The normalized spacial score (nSPS) is 12.0. The first-order valence-electron chi connectivity index (χ1n) is 5.61. The van der Waals surface area contributed by atoms with Crippen LogP contribution in [0.1, 0.15) is 19.4 Å². The van der Waals surface area contributed by atoms with Crippen molar-refractivity contribution >= 4 is 22.4 Å². The van der Waals surface area contributed by atoms with E-state index in [9.17, 15) is 8.42 Å². The maximum atomic E-state index is 12.0. The fourth-order valence-electron chi connectivity index (χ4n) is 1.33. The summed E-state index contributed by atoms with van der Waals surface area (Å²) in [5.74, 6) is 0. The van der Waals surface area contributed by atoms with Crippen molar-refractivity contribution in [1.29, 1.82) is 0 Å². The minimum absolute atomic E-state index is 0. The molecule has 3 N–H and O–H groups in total. The molecule has 0 atom stereocenters. The SMILES string of the molecule is COCc1cccc(S(=O)(=O)NCC(C)(C)N)c1.Cl. The van der Waals surface area contributed by atoms with Crippen LogP contribution in [0.4, 0.5) is 0 Å². The van der Waals surface area contributed by atoms with Gasteiger partial charge in [-0.15, -0.1) is 12.4 Å². The van der Waals surface area contributed by atoms with Crippen LogP contribution in [0.15, 0.2) is 29.2 Å². The molecule has 0 heterocycles. The van der Waals surface area contributed by atoms with E-state index in [0.29, 0.717) is 6.61 Å². The summed E-state index contributed by atoms with van der Waals surface area (Å²) < 4.78 is 31.5. The van der Waals surface area contributed by atoms with E-state index >= 15 is 0 Å². The smallest absolute Gasteiger partial charge is 0.240 e. The monoisotopic (exact) mass is 308 g/mol. The van der Waals surface area contributed by atoms with Gasteiger partial charge in [0.05, 0.1) is 11.5 Å². The minimum Gasteiger partial charge on any atom is -0.380 e. The Morgan fingerprint density at radius 3 is 2.53 bits per heavy atom. The fourth-order valence-corrected chi connectivity index (χ4v) is 2.63. The molecule has 0 aliphatic carbocycles. The van der Waals surface area contributed by atoms with Crippen LogP contribution in [0.3, 0.4) is 0 Å². The Labute approximate surface area is 121 Å². The van der Waals surface area contributed by atoms with Crippen molar-refractivity contribution in [3.05, 3.63) is 29.8 Å². The van der Waals surface area contributed by atoms with Gasteiger partial charge in [0.25, 0.3) is 0 Å². The first kappa shape index (κ1) is 18.3. The van der Waals surface area contributed by atoms with E-state index in [1.807, 2.05) is 6.07 Å². The van der Waals surface area contributed by atoms with Crippen LogP contribution in [0.2, 0.25) is 0 Å². The quantitative estimate of drug-likeness (QED) is 0.829. The van der Waals surface area contributed by atoms with Crippen molar-refractivity contribution < 1.29 is 13.2 Å². The largest absolute Gasteiger partial charge is 0.380 e. The highest BCUT2D eigenvalue weighted by Gasteiger charge is 2.18. The number of halogens is 1. The lowest BCUT2D eigenvalue weighted by Gasteiger charge is -2.19. The molecule has 0 bridgehead atoms. The Morgan fingerprint density at radius 2 is 2.00 bits per heavy atom. The summed E-state index contributed by atoms with van der Waals surface area (Å²) in [6.45, 7) is 4.09. The third kappa shape index (κ3) is 6.35. The zero-order valence-electron chi connectivity index (χ0n) is 11.3. The fraction of sp³-hybridized carbons (Fsp3) is 0.500. The Morgan fingerprint density at radius 1 is 1.37 bits per heavy atom. The van der Waals surface area contributed by atoms with Crippen LogP contribution in [-0.2, 0) is 21.4 Å². The molecule has 0 amide bonds. The van der Waals surface area contributed by atoms with E-state index in [1.165, 1.54) is 0 Å². The summed E-state index contributed by atoms with van der Waals surface area (Å²) in [7, 11) is -1.95. The number of hydrogen-bond acceptors (Lipinski definition) is 4. The van der Waals surface area contributed by atoms with Crippen LogP contribution in [0.5, 0.6) is 0 Å². The van der Waals surface area contributed by atoms with Gasteiger partial charge in [0.2, 0.25) is 10.0 Å². The second-order valence-electron chi connectivity index (χ2n) is 4.89. The van der Waals surface area contributed by atoms with Gasteiger partial charge in [0, 0.05) is 19.2 Å². The summed E-state index contributed by atoms with van der Waals surface area (Å²) in [4.78, 5) is 0.223. The summed E-state index contributed by atoms with van der Waals surface area (Å²) in [6.07, 6.45) is 0. The number of nitrogens with two attached hydrogens (primary N) is 1. The number of nitrogens with one attached hydrogen (secondary N) is 1. The highest BCUT2D eigenvalue weighted by atomic mass is 35.5. The van der Waals surface area contributed by atoms with Crippen molar-refractivity contribution in [2.75, 3.05) is 13.7 Å². The van der Waals surface area contributed by atoms with Gasteiger partial charge in [-0.05, 0) is 31.5 Å². The molecule has 19 heavy (non-hydrogen) atoms. The number of rotatable bonds is 6. The molecule has 0 aliphatic heterocycles. The average molecular weight is 309 g/mol. The second-order valence-corrected chi connectivity index (χ2v) is 6.66. The van der Waals surface area contributed by atoms with Gasteiger partial charge >= 0.3 is 0 Å². The van der Waals surface area contributed by atoms with Gasteiger partial charge in [-0.2, -0.15) is 0 Å². The molecule has 7 heteroatoms. The van der Waals surface area contributed by atoms with E-state index in [-0.39, 0.29) is 23.8 Å². The molecule has 0 fully saturated rings. The summed E-state index contributed by atoms with van der Waals surface area (Å²) >= 11 is 0. The molecular formula is C12H21ClN2O3S. The van der Waals surface area contributed by atoms with E-state index < -0.39 is 15.6 Å². The maximum Gasteiger partial charge on any atom is 0.240 e. The molecule has 0 spiro atoms. The number of benzene rings is 1. The lowest BCUT2D eigenvalue weighted by atomic mass is 10.1. The van der Waals surface area contributed by atoms with Crippen molar-refractivity contribution in [3.8, 4) is 0 Å². The van der Waals surface area contributed by atoms with Gasteiger partial charge in [0.15, 0.2) is 0 Å². The standard InChI is InChI=1S/C12H20N2O3S.ClH/c1-12(2,13)9-14-18(15,16)11-6-4-5-10(7-11)8-17-3;/h4-7,14H,8-9,13H2,1-3H3;1H. The maximum absolute atomic E-state index is 12.0. The molecule has 0 aliphatic rings. The third-order valence-electron chi connectivity index (χ3n) is 2.24. The zero-order chi connectivity index (χ0) is 13.8. The molecule has 0 unspecified atom stereocenters. The molecule has 0 radical (unpaired) electrons. The predicted molar refractivity (Wildman–Crippen MR) is 77.9 cm³/mol. The third-order valence-corrected chi connectivity index (χ3v) is 3.64. The van der Waals surface area contributed by atoms with Crippen molar-refractivity contribution in [3.63, 3.8) is 0 Å². The van der Waals surface area contributed by atoms with Crippen LogP contribution in [0, 0.1) is 0 Å². The molecular weight excluding hydrogens is 288 g/mol. The van der Waals surface area contributed by atoms with E-state index in [4.69, 9.17) is 10.5 Å². The Hall–Kier alpha value is -0.660. The Balaban J connectivity index is 0.00000324. The zero-order valence-corrected chi connectivity index (χ0v) is 13.0. The Kier molecular flexibility index (Phi) is 6.96. The van der Waals surface area contributed by atoms with E-state index in [2.05, 4.69) is 4.72 Å². The van der Waals surface area contributed by atoms with Crippen molar-refractivity contribution in [1.82, 2.24) is 4.72 Å². The summed E-state index contributed by atoms with van der Waals surface area (Å²) in [5.41, 5.74) is 5.98. The highest BCUT2D eigenvalue weighted by Crippen LogP contribution is 2.12. The molecule has 0 aromatic heterocycles. The summed E-state index contributed by atoms with van der Waals surface area (Å²) in [6, 6.07) is 6.65. The lowest BCUT2D eigenvalue weighted by molar-refractivity contribution is 0.184. The number of ether oxygens (including phenoxy) is 1. The van der Waals surface area contributed by atoms with Crippen LogP contribution < -0.4 is 10.5 Å². The van der Waals surface area contributed by atoms with Crippen LogP contribution in [0.25, 0.3) is 0 Å². The predicted octanol–water partition coefficient (Wildman–Crippen LogP) is 1.27. The highest BCUT2D eigenvalue weighted by molar-refractivity contribution is 7.89. The van der Waals surface area contributed by atoms with Crippen LogP contribution >= 0.6 is 12.4 Å². The molecule has 0 saturated carbocycles. The lowest BCUT2D eigenvalue weighted by Crippen LogP contribution is -2.45. The van der Waals surface area contributed by atoms with Gasteiger partial charge in [-0.25, -0.2) is 13.1 Å². The molecule has 1 aromatic rings. The molecule has 1 rings (SSSR count). The van der Waals surface area contributed by atoms with Gasteiger partial charge in [-0.1, -0.05) is 12.1 Å². The second kappa shape index (κ2) is 7.21. The number of sulfonamides is 1. The number of methoxy groups -OCH3 is 1. The topological polar surface area (TPSA) is 81.4 Å². The first-order chi connectivity index (χ1) is 8.24. The van der Waals surface area contributed by atoms with Crippen LogP contribution in [-0.4, -0.2) is 27.6 Å². The Bertz CT molecular complexity index is 498. The van der Waals surface area contributed by atoms with Gasteiger partial charge in [-0.3, -0.25) is 0 Å². The average Bonchev–Trinajstić information content (AvgIpc) is 2.27. The number of hydrogen-bond donors (Lipinski definition) is 2. The van der Waals surface area contributed by atoms with Crippen molar-refractivity contribution in [2.24, 2.45) is 5.73 Å².